The summed E-state index contributed by atoms with van der Waals surface area (Å²) in [6.07, 6.45) is 17.7. The maximum atomic E-state index is 9.45. The van der Waals surface area contributed by atoms with E-state index in [4.69, 9.17) is 0 Å². The van der Waals surface area contributed by atoms with Crippen molar-refractivity contribution in [2.24, 2.45) is 0 Å². The van der Waals surface area contributed by atoms with Crippen molar-refractivity contribution in [2.45, 2.75) is 51.0 Å². The Morgan fingerprint density at radius 3 is 2.39 bits per heavy atom. The minimum Gasteiger partial charge on any atom is -0.304 e. The summed E-state index contributed by atoms with van der Waals surface area (Å²) >= 11 is 0. The summed E-state index contributed by atoms with van der Waals surface area (Å²) in [5.41, 5.74) is 1.22. The molecule has 0 amide bonds. The predicted octanol–water partition coefficient (Wildman–Crippen LogP) is 3.91. The molecule has 23 heavy (non-hydrogen) atoms. The second kappa shape index (κ2) is 9.05. The van der Waals surface area contributed by atoms with Crippen LogP contribution in [0.3, 0.4) is 0 Å². The van der Waals surface area contributed by atoms with Gasteiger partial charge in [0.15, 0.2) is 0 Å². The highest BCUT2D eigenvalue weighted by Crippen LogP contribution is 2.33. The number of piperazine rings is 1. The molecular formula is C20H31N3. The number of hydrogen-bond acceptors (Lipinski definition) is 3. The van der Waals surface area contributed by atoms with Crippen LogP contribution < -0.4 is 0 Å². The third kappa shape index (κ3) is 5.34. The summed E-state index contributed by atoms with van der Waals surface area (Å²) in [6.45, 7) is 6.48. The molecule has 0 aromatic carbocycles. The highest BCUT2D eigenvalue weighted by molar-refractivity contribution is 5.24. The lowest BCUT2D eigenvalue weighted by Crippen LogP contribution is -2.56. The van der Waals surface area contributed by atoms with E-state index >= 15 is 0 Å². The first-order chi connectivity index (χ1) is 11.2. The molecule has 3 aliphatic rings. The fourth-order valence-corrected chi connectivity index (χ4v) is 3.56. The standard InChI is InChI=1S/C12H21N3.C8H10/c1-14-7-9-15(10-8-14)12(11-13)5-3-2-4-6-12;1-8-6-4-2-3-5-7-8/h2-10H2,1H3;2,4-7H,3H2,1H3. The molecule has 1 heterocycles. The van der Waals surface area contributed by atoms with Gasteiger partial charge in [-0.05, 0) is 33.2 Å². The van der Waals surface area contributed by atoms with Crippen LogP contribution in [0.15, 0.2) is 36.0 Å². The van der Waals surface area contributed by atoms with E-state index in [2.05, 4.69) is 60.2 Å². The van der Waals surface area contributed by atoms with Crippen molar-refractivity contribution < 1.29 is 0 Å². The molecule has 0 radical (unpaired) electrons. The molecular weight excluding hydrogens is 282 g/mol. The van der Waals surface area contributed by atoms with E-state index in [1.807, 2.05) is 0 Å². The molecule has 3 nitrogen and oxygen atoms in total. The third-order valence-electron chi connectivity index (χ3n) is 5.15. The zero-order valence-corrected chi connectivity index (χ0v) is 14.8. The van der Waals surface area contributed by atoms with Gasteiger partial charge in [-0.2, -0.15) is 5.26 Å². The lowest BCUT2D eigenvalue weighted by molar-refractivity contribution is 0.0500. The van der Waals surface area contributed by atoms with Gasteiger partial charge >= 0.3 is 0 Å². The molecule has 1 saturated heterocycles. The molecule has 2 aliphatic carbocycles. The fourth-order valence-electron chi connectivity index (χ4n) is 3.56. The minimum atomic E-state index is -0.112. The van der Waals surface area contributed by atoms with Gasteiger partial charge in [-0.3, -0.25) is 4.90 Å². The van der Waals surface area contributed by atoms with Crippen LogP contribution in [0.25, 0.3) is 0 Å². The van der Waals surface area contributed by atoms with Crippen LogP contribution in [-0.2, 0) is 0 Å². The molecule has 0 aromatic heterocycles. The second-order valence-electron chi connectivity index (χ2n) is 6.97. The normalized spacial score (nSPS) is 24.8. The Bertz CT molecular complexity index is 482. The van der Waals surface area contributed by atoms with Crippen LogP contribution in [0.1, 0.15) is 45.4 Å². The number of nitriles is 1. The van der Waals surface area contributed by atoms with Crippen LogP contribution in [0, 0.1) is 11.3 Å². The molecule has 2 fully saturated rings. The summed E-state index contributed by atoms with van der Waals surface area (Å²) in [5, 5.41) is 9.45. The first kappa shape index (κ1) is 18.0. The smallest absolute Gasteiger partial charge is 0.109 e. The lowest BCUT2D eigenvalue weighted by atomic mass is 9.81. The van der Waals surface area contributed by atoms with Gasteiger partial charge in [0, 0.05) is 26.2 Å². The monoisotopic (exact) mass is 313 g/mol. The molecule has 0 atom stereocenters. The van der Waals surface area contributed by atoms with Gasteiger partial charge < -0.3 is 4.90 Å². The molecule has 0 N–H and O–H groups in total. The van der Waals surface area contributed by atoms with Crippen LogP contribution in [0.5, 0.6) is 0 Å². The molecule has 0 bridgehead atoms. The number of rotatable bonds is 1. The van der Waals surface area contributed by atoms with E-state index in [1.54, 1.807) is 0 Å². The van der Waals surface area contributed by atoms with E-state index in [9.17, 15) is 5.26 Å². The van der Waals surface area contributed by atoms with Crippen LogP contribution >= 0.6 is 0 Å². The zero-order valence-electron chi connectivity index (χ0n) is 14.8. The van der Waals surface area contributed by atoms with E-state index in [0.717, 1.165) is 45.4 Å². The van der Waals surface area contributed by atoms with Gasteiger partial charge in [-0.15, -0.1) is 0 Å². The second-order valence-corrected chi connectivity index (χ2v) is 6.97. The summed E-state index contributed by atoms with van der Waals surface area (Å²) < 4.78 is 0. The summed E-state index contributed by atoms with van der Waals surface area (Å²) in [7, 11) is 2.16. The quantitative estimate of drug-likeness (QED) is 0.735. The van der Waals surface area contributed by atoms with Gasteiger partial charge in [0.05, 0.1) is 6.07 Å². The largest absolute Gasteiger partial charge is 0.304 e. The Hall–Kier alpha value is -1.37. The maximum Gasteiger partial charge on any atom is 0.109 e. The van der Waals surface area contributed by atoms with Crippen LogP contribution in [0.2, 0.25) is 0 Å². The van der Waals surface area contributed by atoms with Crippen molar-refractivity contribution in [1.82, 2.24) is 9.80 Å². The van der Waals surface area contributed by atoms with Crippen molar-refractivity contribution in [3.63, 3.8) is 0 Å². The Morgan fingerprint density at radius 2 is 1.74 bits per heavy atom. The summed E-state index contributed by atoms with van der Waals surface area (Å²) in [5.74, 6) is 0. The van der Waals surface area contributed by atoms with Crippen LogP contribution in [0.4, 0.5) is 0 Å². The van der Waals surface area contributed by atoms with Gasteiger partial charge in [0.2, 0.25) is 0 Å². The van der Waals surface area contributed by atoms with Gasteiger partial charge in [0.1, 0.15) is 5.54 Å². The topological polar surface area (TPSA) is 30.3 Å². The lowest BCUT2D eigenvalue weighted by Gasteiger charge is -2.45. The van der Waals surface area contributed by atoms with Crippen molar-refractivity contribution in [2.75, 3.05) is 33.2 Å². The number of hydrogen-bond donors (Lipinski definition) is 0. The first-order valence-corrected chi connectivity index (χ1v) is 9.01. The Balaban J connectivity index is 0.000000203. The van der Waals surface area contributed by atoms with Crippen molar-refractivity contribution >= 4 is 0 Å². The van der Waals surface area contributed by atoms with Crippen LogP contribution in [-0.4, -0.2) is 48.6 Å². The predicted molar refractivity (Wildman–Crippen MR) is 97.2 cm³/mol. The SMILES string of the molecule is CC1=CC=CCC=C1.CN1CCN(C2(C#N)CCCCC2)CC1. The Labute approximate surface area is 142 Å². The average molecular weight is 313 g/mol. The first-order valence-electron chi connectivity index (χ1n) is 9.01. The van der Waals surface area contributed by atoms with E-state index in [-0.39, 0.29) is 5.54 Å². The molecule has 0 spiro atoms. The van der Waals surface area contributed by atoms with Crippen molar-refractivity contribution in [3.05, 3.63) is 36.0 Å². The van der Waals surface area contributed by atoms with E-state index in [1.165, 1.54) is 24.8 Å². The minimum absolute atomic E-state index is 0.112. The van der Waals surface area contributed by atoms with E-state index in [0.29, 0.717) is 0 Å². The molecule has 0 aromatic rings. The fraction of sp³-hybridized carbons (Fsp3) is 0.650. The molecule has 1 saturated carbocycles. The summed E-state index contributed by atoms with van der Waals surface area (Å²) in [6, 6.07) is 2.61. The van der Waals surface area contributed by atoms with Crippen molar-refractivity contribution in [1.29, 1.82) is 5.26 Å². The molecule has 3 rings (SSSR count). The number of allylic oxidation sites excluding steroid dienone is 6. The molecule has 1 aliphatic heterocycles. The average Bonchev–Trinajstić information content (AvgIpc) is 2.84. The van der Waals surface area contributed by atoms with E-state index < -0.39 is 0 Å². The Kier molecular flexibility index (Phi) is 7.08. The third-order valence-corrected chi connectivity index (χ3v) is 5.15. The maximum absolute atomic E-state index is 9.45. The number of likely N-dealkylation sites (N-methyl/N-ethyl adjacent to an activating group) is 1. The highest BCUT2D eigenvalue weighted by atomic mass is 15.3. The highest BCUT2D eigenvalue weighted by Gasteiger charge is 2.38. The molecule has 3 heteroatoms. The molecule has 0 unspecified atom stereocenters. The van der Waals surface area contributed by atoms with Gasteiger partial charge in [0.25, 0.3) is 0 Å². The zero-order chi connectivity index (χ0) is 16.5. The summed E-state index contributed by atoms with van der Waals surface area (Å²) in [4.78, 5) is 4.79. The molecule has 126 valence electrons. The van der Waals surface area contributed by atoms with Gasteiger partial charge in [-0.25, -0.2) is 0 Å². The number of nitrogens with zero attached hydrogens (tertiary/aromatic N) is 3. The Morgan fingerprint density at radius 1 is 1.04 bits per heavy atom. The van der Waals surface area contributed by atoms with Gasteiger partial charge in [-0.1, -0.05) is 55.2 Å². The van der Waals surface area contributed by atoms with Crippen molar-refractivity contribution in [3.8, 4) is 6.07 Å².